The van der Waals surface area contributed by atoms with Gasteiger partial charge in [0.05, 0.1) is 12.2 Å². The Hall–Kier alpha value is -6.40. The van der Waals surface area contributed by atoms with E-state index in [1.54, 1.807) is 44.2 Å². The molecule has 2 rings (SSSR count). The van der Waals surface area contributed by atoms with Crippen LogP contribution in [0.2, 0.25) is 0 Å². The van der Waals surface area contributed by atoms with Gasteiger partial charge in [0.1, 0.15) is 60.5 Å². The lowest BCUT2D eigenvalue weighted by molar-refractivity contribution is -0.138. The standard InChI is InChI=1S/C50H87N15O13/c1-25(2)22-30(55)40(68)50(78)65-39(28(6)67)49(77)61-33(14-19-53)42(70)60-35-16-21-56-48(76)38(27(5)66)64-45(73)34(15-20-54)58-41(69)31(12-17-51)59-46(74)36(23-26(3)4)62-47(75)37(24-29-10-8-7-9-11-29)63-43(71)32(13-18-52)57-44(35)72/h7-11,25-28,30-40,66-68H,12-24,51-55H2,1-6H3,(H,56,76)(H,57,72)(H,58,69)(H,59,74)(H,60,70)(H,61,77)(H,62,75)(H,63,71)(H,64,73)(H,65,78)/t27?,28?,30-,31-,32-,33-,34-,35-,36-,37+,38?,39-,40-/m0/s1. The molecule has 0 spiro atoms. The molecule has 1 heterocycles. The van der Waals surface area contributed by atoms with E-state index < -0.39 is 151 Å². The zero-order valence-electron chi connectivity index (χ0n) is 45.6. The first-order chi connectivity index (χ1) is 36.8. The molecule has 28 heteroatoms. The van der Waals surface area contributed by atoms with Gasteiger partial charge in [-0.1, -0.05) is 58.0 Å². The van der Waals surface area contributed by atoms with E-state index in [1.165, 1.54) is 13.8 Å². The largest absolute Gasteiger partial charge is 0.391 e. The summed E-state index contributed by atoms with van der Waals surface area (Å²) in [5, 5.41) is 56.9. The van der Waals surface area contributed by atoms with Crippen molar-refractivity contribution in [3.05, 3.63) is 35.9 Å². The van der Waals surface area contributed by atoms with Crippen molar-refractivity contribution in [1.29, 1.82) is 0 Å². The third kappa shape index (κ3) is 22.9. The van der Waals surface area contributed by atoms with Gasteiger partial charge in [-0.15, -0.1) is 0 Å². The number of benzene rings is 1. The topological polar surface area (TPSA) is 482 Å². The molecule has 1 fully saturated rings. The fourth-order valence-electron chi connectivity index (χ4n) is 8.29. The Bertz CT molecular complexity index is 2140. The van der Waals surface area contributed by atoms with Gasteiger partial charge in [-0.2, -0.15) is 0 Å². The maximum absolute atomic E-state index is 14.4. The molecule has 1 aromatic carbocycles. The minimum atomic E-state index is -1.77. The molecule has 0 aliphatic carbocycles. The number of aliphatic hydroxyl groups excluding tert-OH is 3. The van der Waals surface area contributed by atoms with Crippen molar-refractivity contribution in [2.75, 3.05) is 32.7 Å². The lowest BCUT2D eigenvalue weighted by Gasteiger charge is -2.29. The summed E-state index contributed by atoms with van der Waals surface area (Å²) >= 11 is 0. The number of carbonyl (C=O) groups excluding carboxylic acids is 10. The molecule has 3 unspecified atom stereocenters. The summed E-state index contributed by atoms with van der Waals surface area (Å²) in [7, 11) is 0. The number of aliphatic hydroxyl groups is 3. The Labute approximate surface area is 455 Å². The van der Waals surface area contributed by atoms with Crippen LogP contribution < -0.4 is 81.8 Å². The van der Waals surface area contributed by atoms with Crippen molar-refractivity contribution in [3.8, 4) is 0 Å². The highest BCUT2D eigenvalue weighted by atomic mass is 16.3. The summed E-state index contributed by atoms with van der Waals surface area (Å²) in [5.74, 6) is -9.80. The van der Waals surface area contributed by atoms with E-state index >= 15 is 0 Å². The van der Waals surface area contributed by atoms with Crippen LogP contribution in [0.5, 0.6) is 0 Å². The van der Waals surface area contributed by atoms with E-state index in [4.69, 9.17) is 28.7 Å². The maximum atomic E-state index is 14.4. The van der Waals surface area contributed by atoms with Crippen LogP contribution in [0.1, 0.15) is 92.1 Å². The smallest absolute Gasteiger partial charge is 0.251 e. The molecule has 1 aromatic rings. The lowest BCUT2D eigenvalue weighted by atomic mass is 9.99. The quantitative estimate of drug-likeness (QED) is 0.0484. The van der Waals surface area contributed by atoms with Gasteiger partial charge in [0, 0.05) is 19.0 Å². The number of hydrogen-bond donors (Lipinski definition) is 18. The molecule has 440 valence electrons. The van der Waals surface area contributed by atoms with Gasteiger partial charge in [-0.05, 0) is 102 Å². The number of nitrogens with one attached hydrogen (secondary N) is 10. The summed E-state index contributed by atoms with van der Waals surface area (Å²) in [5.41, 5.74) is 30.0. The first-order valence-corrected chi connectivity index (χ1v) is 26.4. The van der Waals surface area contributed by atoms with Crippen molar-refractivity contribution in [2.45, 2.75) is 172 Å². The fraction of sp³-hybridized carbons (Fsp3) is 0.680. The van der Waals surface area contributed by atoms with Crippen molar-refractivity contribution in [1.82, 2.24) is 53.2 Å². The zero-order chi connectivity index (χ0) is 58.8. The number of amides is 10. The van der Waals surface area contributed by atoms with Gasteiger partial charge in [0.25, 0.3) is 5.91 Å². The Balaban J connectivity index is 2.73. The predicted molar refractivity (Wildman–Crippen MR) is 286 cm³/mol. The molecule has 28 nitrogen and oxygen atoms in total. The second-order valence-corrected chi connectivity index (χ2v) is 20.3. The second-order valence-electron chi connectivity index (χ2n) is 20.3. The Morgan fingerprint density at radius 2 is 1.08 bits per heavy atom. The number of rotatable bonds is 23. The molecular formula is C50H87N15O13. The Kier molecular flexibility index (Phi) is 29.9. The van der Waals surface area contributed by atoms with Gasteiger partial charge in [0.15, 0.2) is 0 Å². The van der Waals surface area contributed by atoms with Crippen molar-refractivity contribution < 1.29 is 63.3 Å². The summed E-state index contributed by atoms with van der Waals surface area (Å²) < 4.78 is 0. The third-order valence-electron chi connectivity index (χ3n) is 12.5. The van der Waals surface area contributed by atoms with E-state index in [-0.39, 0.29) is 83.0 Å². The second kappa shape index (κ2) is 34.5. The van der Waals surface area contributed by atoms with Crippen LogP contribution in [0.15, 0.2) is 30.3 Å². The molecule has 1 aliphatic rings. The molecule has 1 saturated heterocycles. The molecular weight excluding hydrogens is 1020 g/mol. The Morgan fingerprint density at radius 1 is 0.590 bits per heavy atom. The summed E-state index contributed by atoms with van der Waals surface area (Å²) in [4.78, 5) is 139. The number of nitrogens with two attached hydrogens (primary N) is 5. The van der Waals surface area contributed by atoms with E-state index in [1.807, 2.05) is 13.8 Å². The molecule has 10 amide bonds. The zero-order valence-corrected chi connectivity index (χ0v) is 45.6. The molecule has 78 heavy (non-hydrogen) atoms. The average molecular weight is 1110 g/mol. The molecule has 23 N–H and O–H groups in total. The van der Waals surface area contributed by atoms with Gasteiger partial charge >= 0.3 is 0 Å². The van der Waals surface area contributed by atoms with Crippen LogP contribution in [0, 0.1) is 11.8 Å². The third-order valence-corrected chi connectivity index (χ3v) is 12.5. The highest BCUT2D eigenvalue weighted by molar-refractivity contribution is 5.99. The first kappa shape index (κ1) is 67.7. The molecule has 0 radical (unpaired) electrons. The monoisotopic (exact) mass is 1110 g/mol. The van der Waals surface area contributed by atoms with E-state index in [0.717, 1.165) is 0 Å². The number of hydrogen-bond acceptors (Lipinski definition) is 18. The molecule has 0 bridgehead atoms. The highest BCUT2D eigenvalue weighted by Crippen LogP contribution is 2.12. The van der Waals surface area contributed by atoms with E-state index in [9.17, 15) is 63.3 Å². The van der Waals surface area contributed by atoms with Gasteiger partial charge in [0.2, 0.25) is 53.2 Å². The van der Waals surface area contributed by atoms with Crippen LogP contribution >= 0.6 is 0 Å². The normalized spacial score (nSPS) is 24.1. The minimum Gasteiger partial charge on any atom is -0.391 e. The van der Waals surface area contributed by atoms with Crippen molar-refractivity contribution in [3.63, 3.8) is 0 Å². The van der Waals surface area contributed by atoms with E-state index in [0.29, 0.717) is 5.56 Å². The van der Waals surface area contributed by atoms with Crippen molar-refractivity contribution in [2.24, 2.45) is 40.5 Å². The molecule has 0 saturated carbocycles. The fourth-order valence-corrected chi connectivity index (χ4v) is 8.29. The van der Waals surface area contributed by atoms with Gasteiger partial charge in [-0.25, -0.2) is 0 Å². The van der Waals surface area contributed by atoms with Crippen LogP contribution in [-0.2, 0) is 54.4 Å². The highest BCUT2D eigenvalue weighted by Gasteiger charge is 2.38. The van der Waals surface area contributed by atoms with Crippen LogP contribution in [-0.4, -0.2) is 186 Å². The predicted octanol–water partition coefficient (Wildman–Crippen LogP) is -6.95. The SMILES string of the molecule is CC(C)C[C@@H]1NC(=O)[C@@H](Cc2ccccc2)NC(=O)[C@H](CCN)NC(=O)[C@@H](NC(=O)[C@H](CCN)NC(=O)[C@@H](NC(=O)[C@@H](O)[C@@H](N)CC(C)C)C(C)O)CCNC(=O)C(C(C)O)NC(=O)[C@H](CCN)NC(=O)[C@H](CCN)NC1=O. The first-order valence-electron chi connectivity index (χ1n) is 26.4. The molecule has 0 aromatic heterocycles. The summed E-state index contributed by atoms with van der Waals surface area (Å²) in [6, 6.07) is -6.07. The lowest BCUT2D eigenvalue weighted by Crippen LogP contribution is -2.62. The summed E-state index contributed by atoms with van der Waals surface area (Å²) in [6.45, 7) is 8.44. The molecule has 13 atom stereocenters. The van der Waals surface area contributed by atoms with Crippen molar-refractivity contribution >= 4 is 59.1 Å². The average Bonchev–Trinajstić information content (AvgIpc) is 3.36. The summed E-state index contributed by atoms with van der Waals surface area (Å²) in [6.07, 6.45) is -6.00. The Morgan fingerprint density at radius 3 is 1.56 bits per heavy atom. The van der Waals surface area contributed by atoms with Crippen LogP contribution in [0.3, 0.4) is 0 Å². The number of carbonyl (C=O) groups is 10. The molecule has 1 aliphatic heterocycles. The van der Waals surface area contributed by atoms with E-state index in [2.05, 4.69) is 53.2 Å². The van der Waals surface area contributed by atoms with Crippen LogP contribution in [0.25, 0.3) is 0 Å². The van der Waals surface area contributed by atoms with Gasteiger partial charge in [-0.3, -0.25) is 47.9 Å². The van der Waals surface area contributed by atoms with Crippen LogP contribution in [0.4, 0.5) is 0 Å². The minimum absolute atomic E-state index is 0.00113. The maximum Gasteiger partial charge on any atom is 0.251 e. The van der Waals surface area contributed by atoms with Gasteiger partial charge < -0.3 is 97.2 Å².